The van der Waals surface area contributed by atoms with Gasteiger partial charge in [-0.15, -0.1) is 0 Å². The number of aromatic nitrogens is 2. The van der Waals surface area contributed by atoms with Gasteiger partial charge in [0.1, 0.15) is 5.82 Å². The predicted molar refractivity (Wildman–Crippen MR) is 99.4 cm³/mol. The summed E-state index contributed by atoms with van der Waals surface area (Å²) in [5.74, 6) is -0.111. The van der Waals surface area contributed by atoms with Crippen molar-refractivity contribution in [2.24, 2.45) is 23.5 Å². The van der Waals surface area contributed by atoms with Crippen molar-refractivity contribution < 1.29 is 18.0 Å². The van der Waals surface area contributed by atoms with E-state index in [-0.39, 0.29) is 23.9 Å². The number of nitrogens with zero attached hydrogens (tertiary/aromatic N) is 4. The highest BCUT2D eigenvalue weighted by Gasteiger charge is 2.46. The number of hydrogen-bond donors (Lipinski definition) is 1. The summed E-state index contributed by atoms with van der Waals surface area (Å²) in [7, 11) is 1.94. The van der Waals surface area contributed by atoms with E-state index < -0.39 is 12.0 Å². The average molecular weight is 399 g/mol. The highest BCUT2D eigenvalue weighted by molar-refractivity contribution is 5.79. The number of alkyl halides is 3. The summed E-state index contributed by atoms with van der Waals surface area (Å²) < 4.78 is 38.8. The first-order valence-corrected chi connectivity index (χ1v) is 9.74. The van der Waals surface area contributed by atoms with Crippen LogP contribution in [0.1, 0.15) is 38.9 Å². The largest absolute Gasteiger partial charge is 0.451 e. The number of carbonyl (C=O) groups is 1. The third-order valence-corrected chi connectivity index (χ3v) is 6.08. The molecule has 0 spiro atoms. The molecule has 3 rings (SSSR count). The molecule has 0 bridgehead atoms. The molecule has 1 aromatic rings. The molecule has 2 fully saturated rings. The zero-order chi connectivity index (χ0) is 20.6. The van der Waals surface area contributed by atoms with Crippen LogP contribution in [0.5, 0.6) is 0 Å². The van der Waals surface area contributed by atoms with Crippen molar-refractivity contribution in [2.75, 3.05) is 25.0 Å². The van der Waals surface area contributed by atoms with Gasteiger partial charge in [0.15, 0.2) is 0 Å². The predicted octanol–water partition coefficient (Wildman–Crippen LogP) is 2.54. The van der Waals surface area contributed by atoms with Gasteiger partial charge in [-0.1, -0.05) is 13.8 Å². The van der Waals surface area contributed by atoms with Crippen molar-refractivity contribution in [3.8, 4) is 0 Å². The molecular weight excluding hydrogens is 371 g/mol. The number of anilines is 1. The SMILES string of the molecule is CC(C)C[C@@H](C(N)=O)N(C)[C@H]1CC[C@@H]2CN(c3ccnc(C(F)(F)F)n3)C[C@@H]21. The summed E-state index contributed by atoms with van der Waals surface area (Å²) in [6.07, 6.45) is -0.738. The van der Waals surface area contributed by atoms with E-state index in [0.717, 1.165) is 19.0 Å². The van der Waals surface area contributed by atoms with Gasteiger partial charge in [-0.3, -0.25) is 9.69 Å². The molecule has 1 aromatic heterocycles. The van der Waals surface area contributed by atoms with Crippen molar-refractivity contribution in [1.29, 1.82) is 0 Å². The van der Waals surface area contributed by atoms with Gasteiger partial charge in [0.25, 0.3) is 0 Å². The molecule has 28 heavy (non-hydrogen) atoms. The second-order valence-electron chi connectivity index (χ2n) is 8.42. The van der Waals surface area contributed by atoms with Crippen LogP contribution in [0.25, 0.3) is 0 Å². The molecule has 1 saturated heterocycles. The number of nitrogens with two attached hydrogens (primary N) is 1. The molecule has 9 heteroatoms. The lowest BCUT2D eigenvalue weighted by Gasteiger charge is -2.35. The van der Waals surface area contributed by atoms with Gasteiger partial charge in [-0.2, -0.15) is 13.2 Å². The maximum atomic E-state index is 12.9. The van der Waals surface area contributed by atoms with Crippen LogP contribution in [0.15, 0.2) is 12.3 Å². The fourth-order valence-corrected chi connectivity index (χ4v) is 4.75. The first-order chi connectivity index (χ1) is 13.1. The maximum Gasteiger partial charge on any atom is 0.451 e. The van der Waals surface area contributed by atoms with Gasteiger partial charge in [-0.25, -0.2) is 9.97 Å². The lowest BCUT2D eigenvalue weighted by molar-refractivity contribution is -0.144. The van der Waals surface area contributed by atoms with Crippen molar-refractivity contribution in [3.05, 3.63) is 18.1 Å². The highest BCUT2D eigenvalue weighted by Crippen LogP contribution is 2.42. The summed E-state index contributed by atoms with van der Waals surface area (Å²) in [5.41, 5.74) is 5.65. The van der Waals surface area contributed by atoms with Crippen molar-refractivity contribution >= 4 is 11.7 Å². The quantitative estimate of drug-likeness (QED) is 0.796. The lowest BCUT2D eigenvalue weighted by atomic mass is 9.94. The smallest absolute Gasteiger partial charge is 0.368 e. The van der Waals surface area contributed by atoms with E-state index in [1.54, 1.807) is 0 Å². The van der Waals surface area contributed by atoms with Gasteiger partial charge in [-0.05, 0) is 50.1 Å². The van der Waals surface area contributed by atoms with Gasteiger partial charge < -0.3 is 10.6 Å². The zero-order valence-electron chi connectivity index (χ0n) is 16.5. The number of halogens is 3. The summed E-state index contributed by atoms with van der Waals surface area (Å²) in [6, 6.07) is 1.39. The summed E-state index contributed by atoms with van der Waals surface area (Å²) in [6.45, 7) is 5.42. The molecular formula is C19H28F3N5O. The van der Waals surface area contributed by atoms with E-state index in [1.165, 1.54) is 6.07 Å². The Bertz CT molecular complexity index is 711. The van der Waals surface area contributed by atoms with Crippen molar-refractivity contribution in [3.63, 3.8) is 0 Å². The monoisotopic (exact) mass is 399 g/mol. The normalized spacial score (nSPS) is 26.1. The van der Waals surface area contributed by atoms with Crippen LogP contribution in [0.3, 0.4) is 0 Å². The van der Waals surface area contributed by atoms with Gasteiger partial charge >= 0.3 is 6.18 Å². The number of hydrogen-bond acceptors (Lipinski definition) is 5. The minimum Gasteiger partial charge on any atom is -0.368 e. The van der Waals surface area contributed by atoms with Crippen LogP contribution in [0.4, 0.5) is 19.0 Å². The van der Waals surface area contributed by atoms with Crippen LogP contribution in [-0.4, -0.2) is 53.0 Å². The van der Waals surface area contributed by atoms with E-state index in [4.69, 9.17) is 5.73 Å². The fraction of sp³-hybridized carbons (Fsp3) is 0.737. The first-order valence-electron chi connectivity index (χ1n) is 9.74. The van der Waals surface area contributed by atoms with E-state index in [2.05, 4.69) is 28.7 Å². The van der Waals surface area contributed by atoms with Crippen LogP contribution in [0.2, 0.25) is 0 Å². The molecule has 0 unspecified atom stereocenters. The Morgan fingerprint density at radius 3 is 2.68 bits per heavy atom. The fourth-order valence-electron chi connectivity index (χ4n) is 4.75. The Morgan fingerprint density at radius 2 is 2.07 bits per heavy atom. The van der Waals surface area contributed by atoms with E-state index >= 15 is 0 Å². The van der Waals surface area contributed by atoms with E-state index in [0.29, 0.717) is 37.2 Å². The second kappa shape index (κ2) is 7.85. The summed E-state index contributed by atoms with van der Waals surface area (Å²) in [4.78, 5) is 23.1. The molecule has 4 atom stereocenters. The van der Waals surface area contributed by atoms with Crippen molar-refractivity contribution in [2.45, 2.75) is 51.4 Å². The van der Waals surface area contributed by atoms with Gasteiger partial charge in [0, 0.05) is 25.3 Å². The van der Waals surface area contributed by atoms with E-state index in [1.807, 2.05) is 11.9 Å². The van der Waals surface area contributed by atoms with Gasteiger partial charge in [0.05, 0.1) is 6.04 Å². The van der Waals surface area contributed by atoms with Crippen LogP contribution >= 0.6 is 0 Å². The highest BCUT2D eigenvalue weighted by atomic mass is 19.4. The third-order valence-electron chi connectivity index (χ3n) is 6.08. The molecule has 1 saturated carbocycles. The lowest BCUT2D eigenvalue weighted by Crippen LogP contribution is -2.50. The third kappa shape index (κ3) is 4.24. The molecule has 2 heterocycles. The molecule has 2 N–H and O–H groups in total. The molecule has 1 aliphatic heterocycles. The Hall–Kier alpha value is -1.90. The second-order valence-corrected chi connectivity index (χ2v) is 8.42. The average Bonchev–Trinajstić information content (AvgIpc) is 3.18. The molecule has 2 aliphatic rings. The molecule has 156 valence electrons. The molecule has 0 aromatic carbocycles. The summed E-state index contributed by atoms with van der Waals surface area (Å²) >= 11 is 0. The number of fused-ring (bicyclic) bond motifs is 1. The number of amides is 1. The molecule has 1 amide bonds. The Labute approximate surface area is 163 Å². The summed E-state index contributed by atoms with van der Waals surface area (Å²) in [5, 5.41) is 0. The molecule has 6 nitrogen and oxygen atoms in total. The maximum absolute atomic E-state index is 12.9. The molecule has 0 radical (unpaired) electrons. The van der Waals surface area contributed by atoms with E-state index in [9.17, 15) is 18.0 Å². The Morgan fingerprint density at radius 1 is 1.36 bits per heavy atom. The Kier molecular flexibility index (Phi) is 5.84. The zero-order valence-corrected chi connectivity index (χ0v) is 16.5. The topological polar surface area (TPSA) is 75.4 Å². The van der Waals surface area contributed by atoms with Crippen LogP contribution < -0.4 is 10.6 Å². The van der Waals surface area contributed by atoms with Crippen molar-refractivity contribution in [1.82, 2.24) is 14.9 Å². The van der Waals surface area contributed by atoms with Crippen LogP contribution in [0, 0.1) is 17.8 Å². The Balaban J connectivity index is 1.74. The number of rotatable bonds is 6. The minimum absolute atomic E-state index is 0.190. The number of likely N-dealkylation sites (N-methyl/N-ethyl adjacent to an activating group) is 1. The van der Waals surface area contributed by atoms with Gasteiger partial charge in [0.2, 0.25) is 11.7 Å². The molecule has 1 aliphatic carbocycles. The van der Waals surface area contributed by atoms with Crippen LogP contribution in [-0.2, 0) is 11.0 Å². The first kappa shape index (κ1) is 20.8. The number of carbonyl (C=O) groups excluding carboxylic acids is 1. The minimum atomic E-state index is -4.56. The standard InChI is InChI=1S/C19H28F3N5O/c1-11(2)8-15(17(23)28)26(3)14-5-4-12-9-27(10-13(12)14)16-6-7-24-18(25-16)19(20,21)22/h6-7,11-15H,4-5,8-10H2,1-3H3,(H2,23,28)/t12-,13+,14+,15+/m1/s1. The number of primary amides is 1.